The van der Waals surface area contributed by atoms with E-state index < -0.39 is 5.54 Å². The Balaban J connectivity index is 0.00000161. The van der Waals surface area contributed by atoms with Gasteiger partial charge in [-0.3, -0.25) is 0 Å². The van der Waals surface area contributed by atoms with Crippen molar-refractivity contribution in [3.05, 3.63) is 71.3 Å². The van der Waals surface area contributed by atoms with Crippen molar-refractivity contribution in [2.45, 2.75) is 25.0 Å². The molecule has 3 rings (SSSR count). The quantitative estimate of drug-likeness (QED) is 0.887. The third-order valence-corrected chi connectivity index (χ3v) is 3.86. The van der Waals surface area contributed by atoms with Crippen LogP contribution in [0.5, 0.6) is 0 Å². The molecule has 0 spiro atoms. The Kier molecular flexibility index (Phi) is 4.66. The summed E-state index contributed by atoms with van der Waals surface area (Å²) >= 11 is 0. The molecular formula is C17H18ClNO2. The van der Waals surface area contributed by atoms with Crippen LogP contribution in [-0.2, 0) is 28.1 Å². The Morgan fingerprint density at radius 3 is 2.52 bits per heavy atom. The highest BCUT2D eigenvalue weighted by Crippen LogP contribution is 2.35. The van der Waals surface area contributed by atoms with Crippen molar-refractivity contribution in [2.24, 2.45) is 5.73 Å². The minimum atomic E-state index is -0.995. The minimum absolute atomic E-state index is 0. The van der Waals surface area contributed by atoms with E-state index >= 15 is 0 Å². The minimum Gasteiger partial charge on any atom is -0.459 e. The van der Waals surface area contributed by atoms with E-state index in [0.29, 0.717) is 6.42 Å². The number of ether oxygens (including phenoxy) is 1. The molecule has 0 fully saturated rings. The van der Waals surface area contributed by atoms with Crippen molar-refractivity contribution >= 4 is 18.4 Å². The Bertz CT molecular complexity index is 630. The first-order valence-corrected chi connectivity index (χ1v) is 6.78. The van der Waals surface area contributed by atoms with Crippen molar-refractivity contribution in [1.29, 1.82) is 0 Å². The highest BCUT2D eigenvalue weighted by atomic mass is 35.5. The molecule has 2 aromatic rings. The van der Waals surface area contributed by atoms with Gasteiger partial charge in [0.1, 0.15) is 12.1 Å². The van der Waals surface area contributed by atoms with Gasteiger partial charge in [-0.25, -0.2) is 4.79 Å². The SMILES string of the molecule is Cl.NC1(C(=O)OCc2ccccc2)CCc2ccccc21. The number of aryl methyl sites for hydroxylation is 1. The van der Waals surface area contributed by atoms with Crippen LogP contribution in [0.2, 0.25) is 0 Å². The molecule has 0 bridgehead atoms. The van der Waals surface area contributed by atoms with Crippen molar-refractivity contribution in [1.82, 2.24) is 0 Å². The molecule has 4 heteroatoms. The smallest absolute Gasteiger partial charge is 0.331 e. The summed E-state index contributed by atoms with van der Waals surface area (Å²) in [5, 5.41) is 0. The number of rotatable bonds is 3. The Morgan fingerprint density at radius 1 is 1.10 bits per heavy atom. The number of fused-ring (bicyclic) bond motifs is 1. The van der Waals surface area contributed by atoms with Crippen LogP contribution in [-0.4, -0.2) is 5.97 Å². The summed E-state index contributed by atoms with van der Waals surface area (Å²) in [6.45, 7) is 0.265. The van der Waals surface area contributed by atoms with Crippen LogP contribution in [0.1, 0.15) is 23.1 Å². The molecule has 2 aromatic carbocycles. The van der Waals surface area contributed by atoms with Gasteiger partial charge < -0.3 is 10.5 Å². The highest BCUT2D eigenvalue weighted by Gasteiger charge is 2.42. The van der Waals surface area contributed by atoms with Gasteiger partial charge in [0, 0.05) is 0 Å². The van der Waals surface area contributed by atoms with E-state index in [2.05, 4.69) is 0 Å². The van der Waals surface area contributed by atoms with Gasteiger partial charge in [0.15, 0.2) is 0 Å². The lowest BCUT2D eigenvalue weighted by Gasteiger charge is -2.23. The molecule has 1 aliphatic rings. The van der Waals surface area contributed by atoms with Crippen molar-refractivity contribution in [3.8, 4) is 0 Å². The first kappa shape index (κ1) is 15.5. The number of hydrogen-bond acceptors (Lipinski definition) is 3. The zero-order valence-corrected chi connectivity index (χ0v) is 12.4. The van der Waals surface area contributed by atoms with E-state index in [4.69, 9.17) is 10.5 Å². The fourth-order valence-electron chi connectivity index (χ4n) is 2.70. The molecule has 0 saturated carbocycles. The van der Waals surface area contributed by atoms with Gasteiger partial charge in [0.05, 0.1) is 0 Å². The Hall–Kier alpha value is -1.84. The van der Waals surface area contributed by atoms with E-state index in [1.54, 1.807) is 0 Å². The van der Waals surface area contributed by atoms with Gasteiger partial charge in [-0.1, -0.05) is 54.6 Å². The first-order chi connectivity index (χ1) is 9.70. The second-order valence-corrected chi connectivity index (χ2v) is 5.19. The predicted octanol–water partition coefficient (Wildman–Crippen LogP) is 2.95. The zero-order chi connectivity index (χ0) is 14.0. The summed E-state index contributed by atoms with van der Waals surface area (Å²) in [6.07, 6.45) is 1.44. The molecule has 0 aliphatic heterocycles. The third kappa shape index (κ3) is 2.94. The monoisotopic (exact) mass is 303 g/mol. The van der Waals surface area contributed by atoms with Gasteiger partial charge in [0.25, 0.3) is 0 Å². The summed E-state index contributed by atoms with van der Waals surface area (Å²) < 4.78 is 5.41. The fourth-order valence-corrected chi connectivity index (χ4v) is 2.70. The Labute approximate surface area is 130 Å². The number of hydrogen-bond donors (Lipinski definition) is 1. The van der Waals surface area contributed by atoms with E-state index in [0.717, 1.165) is 23.1 Å². The predicted molar refractivity (Wildman–Crippen MR) is 84.1 cm³/mol. The largest absolute Gasteiger partial charge is 0.459 e. The van der Waals surface area contributed by atoms with Crippen molar-refractivity contribution in [2.75, 3.05) is 0 Å². The summed E-state index contributed by atoms with van der Waals surface area (Å²) in [4.78, 5) is 12.4. The molecule has 0 saturated heterocycles. The van der Waals surface area contributed by atoms with Crippen LogP contribution in [0.15, 0.2) is 54.6 Å². The fraction of sp³-hybridized carbons (Fsp3) is 0.235. The number of benzene rings is 2. The molecule has 2 N–H and O–H groups in total. The number of nitrogens with two attached hydrogens (primary N) is 1. The summed E-state index contributed by atoms with van der Waals surface area (Å²) in [5.41, 5.74) is 8.32. The molecular weight excluding hydrogens is 286 g/mol. The van der Waals surface area contributed by atoms with E-state index in [-0.39, 0.29) is 25.0 Å². The van der Waals surface area contributed by atoms with Gasteiger partial charge >= 0.3 is 5.97 Å². The highest BCUT2D eigenvalue weighted by molar-refractivity contribution is 5.85. The van der Waals surface area contributed by atoms with Crippen LogP contribution in [0.3, 0.4) is 0 Å². The maximum atomic E-state index is 12.4. The van der Waals surface area contributed by atoms with Crippen LogP contribution in [0, 0.1) is 0 Å². The van der Waals surface area contributed by atoms with Crippen LogP contribution < -0.4 is 5.73 Å². The van der Waals surface area contributed by atoms with Crippen LogP contribution >= 0.6 is 12.4 Å². The van der Waals surface area contributed by atoms with Gasteiger partial charge in [-0.05, 0) is 29.5 Å². The molecule has 0 aromatic heterocycles. The molecule has 110 valence electrons. The second-order valence-electron chi connectivity index (χ2n) is 5.19. The summed E-state index contributed by atoms with van der Waals surface area (Å²) in [6, 6.07) is 17.5. The lowest BCUT2D eigenvalue weighted by molar-refractivity contribution is -0.152. The number of carbonyl (C=O) groups excluding carboxylic acids is 1. The first-order valence-electron chi connectivity index (χ1n) is 6.78. The van der Waals surface area contributed by atoms with Crippen molar-refractivity contribution < 1.29 is 9.53 Å². The average molecular weight is 304 g/mol. The third-order valence-electron chi connectivity index (χ3n) is 3.86. The zero-order valence-electron chi connectivity index (χ0n) is 11.6. The average Bonchev–Trinajstić information content (AvgIpc) is 2.85. The standard InChI is InChI=1S/C17H17NO2.ClH/c18-17(11-10-14-8-4-5-9-15(14)17)16(19)20-12-13-6-2-1-3-7-13;/h1-9H,10-12,18H2;1H. The molecule has 3 nitrogen and oxygen atoms in total. The molecule has 0 radical (unpaired) electrons. The maximum absolute atomic E-state index is 12.4. The topological polar surface area (TPSA) is 52.3 Å². The number of esters is 1. The second kappa shape index (κ2) is 6.29. The molecule has 0 heterocycles. The molecule has 1 aliphatic carbocycles. The summed E-state index contributed by atoms with van der Waals surface area (Å²) in [7, 11) is 0. The summed E-state index contributed by atoms with van der Waals surface area (Å²) in [5.74, 6) is -0.341. The van der Waals surface area contributed by atoms with Gasteiger partial charge in [-0.2, -0.15) is 0 Å². The van der Waals surface area contributed by atoms with Crippen LogP contribution in [0.4, 0.5) is 0 Å². The molecule has 21 heavy (non-hydrogen) atoms. The molecule has 1 unspecified atom stereocenters. The number of carbonyl (C=O) groups is 1. The Morgan fingerprint density at radius 2 is 1.76 bits per heavy atom. The van der Waals surface area contributed by atoms with Crippen molar-refractivity contribution in [3.63, 3.8) is 0 Å². The van der Waals surface area contributed by atoms with Gasteiger partial charge in [-0.15, -0.1) is 12.4 Å². The van der Waals surface area contributed by atoms with E-state index in [1.807, 2.05) is 54.6 Å². The van der Waals surface area contributed by atoms with E-state index in [1.165, 1.54) is 0 Å². The van der Waals surface area contributed by atoms with Crippen LogP contribution in [0.25, 0.3) is 0 Å². The lowest BCUT2D eigenvalue weighted by atomic mass is 9.93. The molecule has 1 atom stereocenters. The number of halogens is 1. The van der Waals surface area contributed by atoms with E-state index in [9.17, 15) is 4.79 Å². The van der Waals surface area contributed by atoms with Gasteiger partial charge in [0.2, 0.25) is 0 Å². The maximum Gasteiger partial charge on any atom is 0.331 e. The normalized spacial score (nSPS) is 19.5. The lowest BCUT2D eigenvalue weighted by Crippen LogP contribution is -2.44. The molecule has 0 amide bonds.